The molecule has 0 radical (unpaired) electrons. The van der Waals surface area contributed by atoms with Crippen LogP contribution < -0.4 is 0 Å². The zero-order valence-corrected chi connectivity index (χ0v) is 18.5. The van der Waals surface area contributed by atoms with Crippen LogP contribution in [-0.4, -0.2) is 89.4 Å². The monoisotopic (exact) mass is 482 g/mol. The van der Waals surface area contributed by atoms with Gasteiger partial charge in [-0.15, -0.1) is 0 Å². The van der Waals surface area contributed by atoms with Crippen molar-refractivity contribution >= 4 is 48.9 Å². The van der Waals surface area contributed by atoms with Gasteiger partial charge in [0.1, 0.15) is 12.2 Å². The van der Waals surface area contributed by atoms with Gasteiger partial charge in [-0.1, -0.05) is 25.5 Å². The van der Waals surface area contributed by atoms with Crippen molar-refractivity contribution in [2.45, 2.75) is 57.7 Å². The molecule has 0 spiro atoms. The number of Topliss-reactive ketones (excluding diaryl/α,β-unsaturated/α-hetero) is 1. The molecule has 9 nitrogen and oxygen atoms in total. The van der Waals surface area contributed by atoms with Crippen LogP contribution in [0.4, 0.5) is 0 Å². The maximum absolute atomic E-state index is 12.4. The number of hydrogen-bond acceptors (Lipinski definition) is 6. The zero-order chi connectivity index (χ0) is 23.4. The number of aliphatic hydroxyl groups is 3. The SMILES string of the molecule is C[C@]12C=CC(=O)C=C1CC[C@@H]1[C@@H]2[C@@H](O)C[C@@]2(C)[C@H]1CC[C@]2(O)C(=O)CO.O=P(O)(O)O.[NaH]. The number of carbonyl (C=O) groups excluding carboxylic acids is 2. The standard InChI is InChI=1S/C21H28O5.Na.H3O4P.H/c1-19-7-5-13(23)9-12(19)3-4-14-15-6-8-21(26,17(25)11-22)20(15,2)10-16(24)18(14)19;;1-5(2,3)4;/h5,7,9,14-16,18,22,24,26H,3-4,6,8,10-11H2,1-2H3;;(H3,1,2,3,4);/t14-,15-,16-,18+,19-,20-,21-;;;/m0.../s1. The normalized spacial score (nSPS) is 42.4. The number of fused-ring (bicyclic) bond motifs is 5. The molecule has 0 unspecified atom stereocenters. The molecule has 4 aliphatic carbocycles. The summed E-state index contributed by atoms with van der Waals surface area (Å²) >= 11 is 0. The van der Waals surface area contributed by atoms with E-state index in [1.54, 1.807) is 12.2 Å². The Kier molecular flexibility index (Phi) is 8.29. The van der Waals surface area contributed by atoms with Gasteiger partial charge in [0.2, 0.25) is 0 Å². The first-order valence-corrected chi connectivity index (χ1v) is 12.0. The van der Waals surface area contributed by atoms with Crippen LogP contribution in [0, 0.1) is 28.6 Å². The summed E-state index contributed by atoms with van der Waals surface area (Å²) in [6.07, 6.45) is 7.68. The predicted octanol–water partition coefficient (Wildman–Crippen LogP) is -0.0195. The van der Waals surface area contributed by atoms with Crippen LogP contribution in [0.1, 0.15) is 46.0 Å². The summed E-state index contributed by atoms with van der Waals surface area (Å²) in [7, 11) is -4.64. The quantitative estimate of drug-likeness (QED) is 0.234. The number of allylic oxidation sites excluding steroid dienone is 4. The molecule has 0 aliphatic heterocycles. The fourth-order valence-electron chi connectivity index (χ4n) is 6.92. The molecule has 11 heteroatoms. The van der Waals surface area contributed by atoms with Gasteiger partial charge >= 0.3 is 37.4 Å². The van der Waals surface area contributed by atoms with Crippen molar-refractivity contribution in [3.8, 4) is 0 Å². The second-order valence-electron chi connectivity index (χ2n) is 9.71. The minimum absolute atomic E-state index is 0. The Bertz CT molecular complexity index is 874. The van der Waals surface area contributed by atoms with Gasteiger partial charge in [0.05, 0.1) is 6.10 Å². The molecule has 0 aromatic rings. The molecule has 32 heavy (non-hydrogen) atoms. The van der Waals surface area contributed by atoms with Gasteiger partial charge in [-0.3, -0.25) is 9.59 Å². The van der Waals surface area contributed by atoms with Crippen LogP contribution in [0.5, 0.6) is 0 Å². The molecule has 0 bridgehead atoms. The maximum atomic E-state index is 12.4. The molecule has 176 valence electrons. The van der Waals surface area contributed by atoms with E-state index in [0.29, 0.717) is 12.8 Å². The van der Waals surface area contributed by atoms with Gasteiger partial charge in [0.15, 0.2) is 11.6 Å². The van der Waals surface area contributed by atoms with Crippen molar-refractivity contribution in [2.24, 2.45) is 28.6 Å². The summed E-state index contributed by atoms with van der Waals surface area (Å²) in [5.41, 5.74) is -1.54. The van der Waals surface area contributed by atoms with Gasteiger partial charge in [-0.05, 0) is 56.1 Å². The van der Waals surface area contributed by atoms with Gasteiger partial charge in [0.25, 0.3) is 0 Å². The van der Waals surface area contributed by atoms with Crippen molar-refractivity contribution in [3.63, 3.8) is 0 Å². The summed E-state index contributed by atoms with van der Waals surface area (Å²) in [6, 6.07) is 0. The number of ketones is 2. The van der Waals surface area contributed by atoms with E-state index in [1.165, 1.54) is 0 Å². The number of carbonyl (C=O) groups is 2. The van der Waals surface area contributed by atoms with E-state index in [2.05, 4.69) is 6.92 Å². The Morgan fingerprint density at radius 1 is 1.22 bits per heavy atom. The summed E-state index contributed by atoms with van der Waals surface area (Å²) < 4.78 is 8.88. The molecule has 3 fully saturated rings. The Hall–Kier alpha value is -0.190. The number of hydrogen-bond donors (Lipinski definition) is 6. The molecular formula is C21H32NaO9P. The fraction of sp³-hybridized carbons (Fsp3) is 0.714. The van der Waals surface area contributed by atoms with Crippen molar-refractivity contribution in [1.29, 1.82) is 0 Å². The van der Waals surface area contributed by atoms with E-state index in [1.807, 2.05) is 13.0 Å². The second kappa shape index (κ2) is 9.46. The molecule has 3 saturated carbocycles. The summed E-state index contributed by atoms with van der Waals surface area (Å²) in [4.78, 5) is 45.7. The van der Waals surface area contributed by atoms with Gasteiger partial charge < -0.3 is 30.0 Å². The molecular weight excluding hydrogens is 450 g/mol. The van der Waals surface area contributed by atoms with Gasteiger partial charge in [-0.25, -0.2) is 4.57 Å². The zero-order valence-electron chi connectivity index (χ0n) is 17.6. The first-order chi connectivity index (χ1) is 14.2. The van der Waals surface area contributed by atoms with E-state index in [9.17, 15) is 24.9 Å². The topological polar surface area (TPSA) is 173 Å². The summed E-state index contributed by atoms with van der Waals surface area (Å²) in [5, 5.41) is 31.7. The fourth-order valence-corrected chi connectivity index (χ4v) is 6.92. The summed E-state index contributed by atoms with van der Waals surface area (Å²) in [6.45, 7) is 3.34. The first-order valence-electron chi connectivity index (χ1n) is 10.4. The Labute approximate surface area is 209 Å². The van der Waals surface area contributed by atoms with Gasteiger partial charge in [-0.2, -0.15) is 0 Å². The van der Waals surface area contributed by atoms with E-state index in [0.717, 1.165) is 24.8 Å². The molecule has 6 N–H and O–H groups in total. The van der Waals surface area contributed by atoms with Crippen LogP contribution in [0.3, 0.4) is 0 Å². The Morgan fingerprint density at radius 3 is 2.38 bits per heavy atom. The minimum atomic E-state index is -4.64. The average Bonchev–Trinajstić information content (AvgIpc) is 2.91. The van der Waals surface area contributed by atoms with Crippen LogP contribution in [0.2, 0.25) is 0 Å². The van der Waals surface area contributed by atoms with E-state index in [-0.39, 0.29) is 58.5 Å². The van der Waals surface area contributed by atoms with E-state index < -0.39 is 37.3 Å². The first kappa shape index (κ1) is 28.1. The second-order valence-corrected chi connectivity index (χ2v) is 10.7. The van der Waals surface area contributed by atoms with Crippen molar-refractivity contribution in [3.05, 3.63) is 23.8 Å². The number of rotatable bonds is 2. The molecule has 0 aromatic heterocycles. The van der Waals surface area contributed by atoms with Crippen molar-refractivity contribution in [2.75, 3.05) is 6.61 Å². The van der Waals surface area contributed by atoms with Crippen LogP contribution in [-0.2, 0) is 14.2 Å². The van der Waals surface area contributed by atoms with Crippen LogP contribution in [0.25, 0.3) is 0 Å². The van der Waals surface area contributed by atoms with Crippen molar-refractivity contribution in [1.82, 2.24) is 0 Å². The molecule has 0 saturated heterocycles. The Balaban J connectivity index is 0.000000548. The van der Waals surface area contributed by atoms with E-state index in [4.69, 9.17) is 19.2 Å². The molecule has 0 aromatic carbocycles. The predicted molar refractivity (Wildman–Crippen MR) is 116 cm³/mol. The van der Waals surface area contributed by atoms with Gasteiger partial charge in [0, 0.05) is 16.7 Å². The van der Waals surface area contributed by atoms with E-state index >= 15 is 0 Å². The van der Waals surface area contributed by atoms with Crippen LogP contribution in [0.15, 0.2) is 23.8 Å². The molecule has 0 amide bonds. The third-order valence-corrected chi connectivity index (χ3v) is 8.25. The summed E-state index contributed by atoms with van der Waals surface area (Å²) in [5.74, 6) is -0.227. The molecule has 0 heterocycles. The third kappa shape index (κ3) is 4.67. The molecule has 4 aliphatic rings. The number of phosphoric acid groups is 1. The Morgan fingerprint density at radius 2 is 1.81 bits per heavy atom. The average molecular weight is 482 g/mol. The third-order valence-electron chi connectivity index (χ3n) is 8.25. The molecule has 4 rings (SSSR count). The van der Waals surface area contributed by atoms with Crippen LogP contribution >= 0.6 is 7.82 Å². The van der Waals surface area contributed by atoms with Crippen molar-refractivity contribution < 1.29 is 44.2 Å². The number of aliphatic hydroxyl groups excluding tert-OH is 2. The molecule has 7 atom stereocenters.